The number of H-pyrrole nitrogens is 1. The molecule has 0 bridgehead atoms. The van der Waals surface area contributed by atoms with Gasteiger partial charge in [-0.1, -0.05) is 18.2 Å². The van der Waals surface area contributed by atoms with E-state index in [1.165, 1.54) is 11.1 Å². The van der Waals surface area contributed by atoms with Gasteiger partial charge in [0, 0.05) is 23.6 Å². The molecule has 0 radical (unpaired) electrons. The SMILES string of the molecule is N#CC1CCCN1c1c[nH]c2ccccc12. The number of aromatic amines is 1. The Labute approximate surface area is 94.3 Å². The van der Waals surface area contributed by atoms with Crippen LogP contribution in [0.2, 0.25) is 0 Å². The molecule has 3 rings (SSSR count). The minimum absolute atomic E-state index is 0.0409. The second-order valence-corrected chi connectivity index (χ2v) is 4.20. The monoisotopic (exact) mass is 211 g/mol. The van der Waals surface area contributed by atoms with E-state index in [1.807, 2.05) is 18.3 Å². The molecule has 80 valence electrons. The molecule has 0 aliphatic carbocycles. The Morgan fingerprint density at radius 2 is 2.25 bits per heavy atom. The molecule has 3 nitrogen and oxygen atoms in total. The van der Waals surface area contributed by atoms with E-state index in [2.05, 4.69) is 28.1 Å². The van der Waals surface area contributed by atoms with Gasteiger partial charge in [-0.15, -0.1) is 0 Å². The van der Waals surface area contributed by atoms with Crippen molar-refractivity contribution in [1.82, 2.24) is 4.98 Å². The molecule has 0 saturated carbocycles. The largest absolute Gasteiger partial charge is 0.359 e. The minimum atomic E-state index is 0.0409. The molecule has 1 aromatic heterocycles. The molecule has 1 fully saturated rings. The normalized spacial score (nSPS) is 20.2. The van der Waals surface area contributed by atoms with Crippen molar-refractivity contribution < 1.29 is 0 Å². The Balaban J connectivity index is 2.09. The molecule has 0 amide bonds. The summed E-state index contributed by atoms with van der Waals surface area (Å²) >= 11 is 0. The van der Waals surface area contributed by atoms with Crippen LogP contribution >= 0.6 is 0 Å². The summed E-state index contributed by atoms with van der Waals surface area (Å²) in [6, 6.07) is 10.7. The van der Waals surface area contributed by atoms with Gasteiger partial charge >= 0.3 is 0 Å². The van der Waals surface area contributed by atoms with Gasteiger partial charge in [0.25, 0.3) is 0 Å². The highest BCUT2D eigenvalue weighted by Crippen LogP contribution is 2.31. The van der Waals surface area contributed by atoms with Crippen LogP contribution in [0.4, 0.5) is 5.69 Å². The van der Waals surface area contributed by atoms with Gasteiger partial charge in [-0.25, -0.2) is 0 Å². The number of para-hydroxylation sites is 1. The van der Waals surface area contributed by atoms with E-state index in [-0.39, 0.29) is 6.04 Å². The predicted molar refractivity (Wildman–Crippen MR) is 64.3 cm³/mol. The first-order valence-electron chi connectivity index (χ1n) is 5.62. The number of fused-ring (bicyclic) bond motifs is 1. The summed E-state index contributed by atoms with van der Waals surface area (Å²) in [6.45, 7) is 0.986. The molecule has 1 saturated heterocycles. The average molecular weight is 211 g/mol. The van der Waals surface area contributed by atoms with Crippen LogP contribution in [0.5, 0.6) is 0 Å². The number of anilines is 1. The molecule has 1 aromatic carbocycles. The molecule has 1 unspecified atom stereocenters. The topological polar surface area (TPSA) is 42.8 Å². The fourth-order valence-corrected chi connectivity index (χ4v) is 2.48. The Morgan fingerprint density at radius 3 is 3.12 bits per heavy atom. The maximum absolute atomic E-state index is 9.11. The van der Waals surface area contributed by atoms with Crippen molar-refractivity contribution in [2.24, 2.45) is 0 Å². The van der Waals surface area contributed by atoms with Gasteiger partial charge in [0.1, 0.15) is 6.04 Å². The highest BCUT2D eigenvalue weighted by atomic mass is 15.2. The summed E-state index contributed by atoms with van der Waals surface area (Å²) in [7, 11) is 0. The molecule has 2 heterocycles. The molecule has 1 atom stereocenters. The number of nitriles is 1. The van der Waals surface area contributed by atoms with E-state index in [1.54, 1.807) is 0 Å². The van der Waals surface area contributed by atoms with Crippen LogP contribution in [0.25, 0.3) is 10.9 Å². The average Bonchev–Trinajstić information content (AvgIpc) is 2.94. The summed E-state index contributed by atoms with van der Waals surface area (Å²) in [5.74, 6) is 0. The fourth-order valence-electron chi connectivity index (χ4n) is 2.48. The van der Waals surface area contributed by atoms with E-state index in [0.717, 1.165) is 24.9 Å². The first kappa shape index (κ1) is 9.29. The molecule has 0 spiro atoms. The Bertz CT molecular complexity index is 550. The lowest BCUT2D eigenvalue weighted by Crippen LogP contribution is -2.27. The summed E-state index contributed by atoms with van der Waals surface area (Å²) in [5.41, 5.74) is 2.31. The molecular formula is C13H13N3. The summed E-state index contributed by atoms with van der Waals surface area (Å²) < 4.78 is 0. The van der Waals surface area contributed by atoms with Gasteiger partial charge in [-0.05, 0) is 18.9 Å². The maximum atomic E-state index is 9.11. The minimum Gasteiger partial charge on any atom is -0.359 e. The van der Waals surface area contributed by atoms with Crippen molar-refractivity contribution in [3.8, 4) is 6.07 Å². The molecule has 1 aliphatic rings. The Hall–Kier alpha value is -1.95. The van der Waals surface area contributed by atoms with Crippen LogP contribution in [0.3, 0.4) is 0 Å². The van der Waals surface area contributed by atoms with E-state index < -0.39 is 0 Å². The van der Waals surface area contributed by atoms with E-state index in [4.69, 9.17) is 5.26 Å². The smallest absolute Gasteiger partial charge is 0.117 e. The second kappa shape index (κ2) is 3.57. The molecule has 1 N–H and O–H groups in total. The lowest BCUT2D eigenvalue weighted by molar-refractivity contribution is 0.820. The number of benzene rings is 1. The zero-order valence-electron chi connectivity index (χ0n) is 8.98. The summed E-state index contributed by atoms with van der Waals surface area (Å²) in [5, 5.41) is 10.3. The summed E-state index contributed by atoms with van der Waals surface area (Å²) in [4.78, 5) is 5.47. The van der Waals surface area contributed by atoms with Crippen molar-refractivity contribution in [1.29, 1.82) is 5.26 Å². The number of nitrogens with one attached hydrogen (secondary N) is 1. The van der Waals surface area contributed by atoms with Gasteiger partial charge in [0.05, 0.1) is 11.8 Å². The second-order valence-electron chi connectivity index (χ2n) is 4.20. The third-order valence-electron chi connectivity index (χ3n) is 3.28. The molecule has 16 heavy (non-hydrogen) atoms. The standard InChI is InChI=1S/C13H13N3/c14-8-10-4-3-7-16(10)13-9-15-12-6-2-1-5-11(12)13/h1-2,5-6,9-10,15H,3-4,7H2. The van der Waals surface area contributed by atoms with Crippen LogP contribution in [0.15, 0.2) is 30.5 Å². The van der Waals surface area contributed by atoms with E-state index in [9.17, 15) is 0 Å². The van der Waals surface area contributed by atoms with Crippen LogP contribution < -0.4 is 4.90 Å². The number of rotatable bonds is 1. The highest BCUT2D eigenvalue weighted by Gasteiger charge is 2.25. The zero-order chi connectivity index (χ0) is 11.0. The highest BCUT2D eigenvalue weighted by molar-refractivity contribution is 5.93. The molecular weight excluding hydrogens is 198 g/mol. The molecule has 1 aliphatic heterocycles. The van der Waals surface area contributed by atoms with Gasteiger partial charge < -0.3 is 9.88 Å². The predicted octanol–water partition coefficient (Wildman–Crippen LogP) is 2.66. The summed E-state index contributed by atoms with van der Waals surface area (Å²) in [6.07, 6.45) is 4.11. The Morgan fingerprint density at radius 1 is 1.38 bits per heavy atom. The van der Waals surface area contributed by atoms with Gasteiger partial charge in [-0.3, -0.25) is 0 Å². The number of hydrogen-bond acceptors (Lipinski definition) is 2. The molecule has 2 aromatic rings. The van der Waals surface area contributed by atoms with Gasteiger partial charge in [0.2, 0.25) is 0 Å². The molecule has 3 heteroatoms. The van der Waals surface area contributed by atoms with Crippen LogP contribution in [-0.4, -0.2) is 17.6 Å². The quantitative estimate of drug-likeness (QED) is 0.788. The van der Waals surface area contributed by atoms with Crippen LogP contribution in [0, 0.1) is 11.3 Å². The van der Waals surface area contributed by atoms with Gasteiger partial charge in [0.15, 0.2) is 0 Å². The maximum Gasteiger partial charge on any atom is 0.117 e. The lowest BCUT2D eigenvalue weighted by atomic mass is 10.2. The van der Waals surface area contributed by atoms with Crippen molar-refractivity contribution in [2.75, 3.05) is 11.4 Å². The van der Waals surface area contributed by atoms with Gasteiger partial charge in [-0.2, -0.15) is 5.26 Å². The number of hydrogen-bond donors (Lipinski definition) is 1. The van der Waals surface area contributed by atoms with Crippen molar-refractivity contribution in [2.45, 2.75) is 18.9 Å². The van der Waals surface area contributed by atoms with Crippen LogP contribution in [0.1, 0.15) is 12.8 Å². The first-order chi connectivity index (χ1) is 7.90. The van der Waals surface area contributed by atoms with Crippen molar-refractivity contribution in [3.63, 3.8) is 0 Å². The Kier molecular flexibility index (Phi) is 2.07. The van der Waals surface area contributed by atoms with Crippen molar-refractivity contribution >= 4 is 16.6 Å². The van der Waals surface area contributed by atoms with E-state index >= 15 is 0 Å². The third-order valence-corrected chi connectivity index (χ3v) is 3.28. The number of aromatic nitrogens is 1. The lowest BCUT2D eigenvalue weighted by Gasteiger charge is -2.20. The third kappa shape index (κ3) is 1.27. The zero-order valence-corrected chi connectivity index (χ0v) is 8.98. The number of nitrogens with zero attached hydrogens (tertiary/aromatic N) is 2. The fraction of sp³-hybridized carbons (Fsp3) is 0.308. The first-order valence-corrected chi connectivity index (χ1v) is 5.62. The van der Waals surface area contributed by atoms with E-state index in [0.29, 0.717) is 0 Å². The van der Waals surface area contributed by atoms with Crippen LogP contribution in [-0.2, 0) is 0 Å². The van der Waals surface area contributed by atoms with Crippen molar-refractivity contribution in [3.05, 3.63) is 30.5 Å².